The molecule has 0 fully saturated rings. The largest absolute Gasteiger partial charge is 0.493 e. The third-order valence-corrected chi connectivity index (χ3v) is 2.72. The van der Waals surface area contributed by atoms with E-state index in [9.17, 15) is 4.79 Å². The van der Waals surface area contributed by atoms with Crippen molar-refractivity contribution in [3.8, 4) is 11.5 Å². The molecule has 112 valence electrons. The van der Waals surface area contributed by atoms with E-state index in [0.717, 1.165) is 0 Å². The van der Waals surface area contributed by atoms with Crippen LogP contribution in [0.2, 0.25) is 0 Å². The van der Waals surface area contributed by atoms with Crippen LogP contribution in [0, 0.1) is 0 Å². The van der Waals surface area contributed by atoms with E-state index in [-0.39, 0.29) is 24.5 Å². The Morgan fingerprint density at radius 2 is 1.90 bits per heavy atom. The highest BCUT2D eigenvalue weighted by Gasteiger charge is 2.18. The predicted molar refractivity (Wildman–Crippen MR) is 74.2 cm³/mol. The maximum Gasteiger partial charge on any atom is 0.253 e. The molecule has 0 heterocycles. The molecule has 0 aliphatic carbocycles. The number of methoxy groups -OCH3 is 3. The van der Waals surface area contributed by atoms with Crippen molar-refractivity contribution in [2.45, 2.75) is 6.04 Å². The summed E-state index contributed by atoms with van der Waals surface area (Å²) in [6.07, 6.45) is 0. The number of hydrogen-bond acceptors (Lipinski definition) is 6. The van der Waals surface area contributed by atoms with E-state index in [0.29, 0.717) is 11.5 Å². The average Bonchev–Trinajstić information content (AvgIpc) is 2.46. The number of hydrogen-bond donors (Lipinski definition) is 3. The molecule has 0 aliphatic heterocycles. The van der Waals surface area contributed by atoms with E-state index in [2.05, 4.69) is 5.32 Å². The van der Waals surface area contributed by atoms with Gasteiger partial charge in [-0.1, -0.05) is 0 Å². The summed E-state index contributed by atoms with van der Waals surface area (Å²) >= 11 is 0. The first-order chi connectivity index (χ1) is 9.57. The molecule has 0 radical (unpaired) electrons. The number of aliphatic hydroxyl groups excluding tert-OH is 1. The van der Waals surface area contributed by atoms with Crippen molar-refractivity contribution in [3.05, 3.63) is 17.7 Å². The highest BCUT2D eigenvalue weighted by Crippen LogP contribution is 2.31. The molecular weight excluding hydrogens is 264 g/mol. The molecule has 7 heteroatoms. The minimum Gasteiger partial charge on any atom is -0.493 e. The van der Waals surface area contributed by atoms with E-state index in [4.69, 9.17) is 25.1 Å². The van der Waals surface area contributed by atoms with E-state index in [1.54, 1.807) is 0 Å². The Morgan fingerprint density at radius 1 is 1.30 bits per heavy atom. The van der Waals surface area contributed by atoms with Crippen molar-refractivity contribution in [1.29, 1.82) is 0 Å². The van der Waals surface area contributed by atoms with Crippen molar-refractivity contribution in [2.24, 2.45) is 0 Å². The summed E-state index contributed by atoms with van der Waals surface area (Å²) in [5.41, 5.74) is 6.33. The van der Waals surface area contributed by atoms with Crippen LogP contribution in [0.5, 0.6) is 11.5 Å². The van der Waals surface area contributed by atoms with Crippen molar-refractivity contribution in [2.75, 3.05) is 40.3 Å². The average molecular weight is 284 g/mol. The summed E-state index contributed by atoms with van der Waals surface area (Å²) in [7, 11) is 4.44. The summed E-state index contributed by atoms with van der Waals surface area (Å²) < 4.78 is 15.1. The Bertz CT molecular complexity index is 464. The number of nitrogens with two attached hydrogens (primary N) is 1. The van der Waals surface area contributed by atoms with E-state index < -0.39 is 11.9 Å². The van der Waals surface area contributed by atoms with Gasteiger partial charge in [0.1, 0.15) is 0 Å². The van der Waals surface area contributed by atoms with Crippen LogP contribution in [0.1, 0.15) is 10.4 Å². The second kappa shape index (κ2) is 7.56. The second-order valence-electron chi connectivity index (χ2n) is 4.10. The molecule has 1 aromatic carbocycles. The van der Waals surface area contributed by atoms with Crippen molar-refractivity contribution < 1.29 is 24.1 Å². The topological polar surface area (TPSA) is 103 Å². The van der Waals surface area contributed by atoms with Gasteiger partial charge in [0.05, 0.1) is 39.0 Å². The van der Waals surface area contributed by atoms with Gasteiger partial charge in [0, 0.05) is 18.9 Å². The first kappa shape index (κ1) is 16.1. The van der Waals surface area contributed by atoms with Gasteiger partial charge in [-0.2, -0.15) is 0 Å². The molecule has 0 saturated heterocycles. The van der Waals surface area contributed by atoms with Crippen LogP contribution < -0.4 is 20.5 Å². The lowest BCUT2D eigenvalue weighted by atomic mass is 10.1. The summed E-state index contributed by atoms with van der Waals surface area (Å²) in [5.74, 6) is 0.427. The van der Waals surface area contributed by atoms with Gasteiger partial charge in [-0.25, -0.2) is 0 Å². The third kappa shape index (κ3) is 3.75. The number of benzene rings is 1. The Labute approximate surface area is 117 Å². The zero-order valence-electron chi connectivity index (χ0n) is 11.8. The summed E-state index contributed by atoms with van der Waals surface area (Å²) in [4.78, 5) is 12.1. The highest BCUT2D eigenvalue weighted by molar-refractivity contribution is 6.00. The molecule has 7 nitrogen and oxygen atoms in total. The summed E-state index contributed by atoms with van der Waals surface area (Å²) in [6, 6.07) is 2.50. The van der Waals surface area contributed by atoms with Gasteiger partial charge in [-0.3, -0.25) is 4.79 Å². The third-order valence-electron chi connectivity index (χ3n) is 2.72. The highest BCUT2D eigenvalue weighted by atomic mass is 16.5. The van der Waals surface area contributed by atoms with Crippen molar-refractivity contribution >= 4 is 11.6 Å². The molecule has 0 aliphatic rings. The SMILES string of the molecule is COCC(CO)NC(=O)c1cc(OC)c(OC)cc1N. The Balaban J connectivity index is 2.97. The smallest absolute Gasteiger partial charge is 0.253 e. The molecule has 1 unspecified atom stereocenters. The Morgan fingerprint density at radius 3 is 2.40 bits per heavy atom. The van der Waals surface area contributed by atoms with Gasteiger partial charge in [-0.05, 0) is 6.07 Å². The van der Waals surface area contributed by atoms with Gasteiger partial charge in [0.25, 0.3) is 5.91 Å². The summed E-state index contributed by atoms with van der Waals surface area (Å²) in [6.45, 7) is -0.0256. The predicted octanol–water partition coefficient (Wildman–Crippen LogP) is 0.0231. The Hall–Kier alpha value is -1.99. The molecule has 0 spiro atoms. The first-order valence-electron chi connectivity index (χ1n) is 5.99. The monoisotopic (exact) mass is 284 g/mol. The van der Waals surface area contributed by atoms with Crippen LogP contribution in [0.25, 0.3) is 0 Å². The minimum atomic E-state index is -0.500. The number of aliphatic hydroxyl groups is 1. The fourth-order valence-electron chi connectivity index (χ4n) is 1.70. The summed E-state index contributed by atoms with van der Waals surface area (Å²) in [5, 5.41) is 11.8. The molecule has 0 aromatic heterocycles. The van der Waals surface area contributed by atoms with Crippen LogP contribution in [-0.4, -0.2) is 51.6 Å². The van der Waals surface area contributed by atoms with Gasteiger partial charge in [-0.15, -0.1) is 0 Å². The van der Waals surface area contributed by atoms with Crippen LogP contribution in [-0.2, 0) is 4.74 Å². The van der Waals surface area contributed by atoms with E-state index >= 15 is 0 Å². The number of nitrogens with one attached hydrogen (secondary N) is 1. The Kier molecular flexibility index (Phi) is 6.08. The molecule has 20 heavy (non-hydrogen) atoms. The molecular formula is C13H20N2O5. The number of nitrogen functional groups attached to an aromatic ring is 1. The number of carbonyl (C=O) groups excluding carboxylic acids is 1. The fraction of sp³-hybridized carbons (Fsp3) is 0.462. The van der Waals surface area contributed by atoms with Crippen LogP contribution >= 0.6 is 0 Å². The second-order valence-corrected chi connectivity index (χ2v) is 4.10. The van der Waals surface area contributed by atoms with E-state index in [1.807, 2.05) is 0 Å². The molecule has 0 bridgehead atoms. The first-order valence-corrected chi connectivity index (χ1v) is 5.99. The van der Waals surface area contributed by atoms with Gasteiger partial charge in [0.15, 0.2) is 11.5 Å². The van der Waals surface area contributed by atoms with Gasteiger partial charge in [0.2, 0.25) is 0 Å². The van der Waals surface area contributed by atoms with Crippen molar-refractivity contribution in [1.82, 2.24) is 5.32 Å². The standard InChI is InChI=1S/C13H20N2O5/c1-18-7-8(6-16)15-13(17)9-4-11(19-2)12(20-3)5-10(9)14/h4-5,8,16H,6-7,14H2,1-3H3,(H,15,17). The maximum absolute atomic E-state index is 12.1. The number of rotatable bonds is 7. The lowest BCUT2D eigenvalue weighted by molar-refractivity contribution is 0.0840. The zero-order valence-corrected chi connectivity index (χ0v) is 11.8. The van der Waals surface area contributed by atoms with Crippen LogP contribution in [0.15, 0.2) is 12.1 Å². The van der Waals surface area contributed by atoms with Gasteiger partial charge >= 0.3 is 0 Å². The zero-order chi connectivity index (χ0) is 15.1. The lowest BCUT2D eigenvalue weighted by Gasteiger charge is -2.17. The number of amides is 1. The quantitative estimate of drug-likeness (QED) is 0.610. The molecule has 1 rings (SSSR count). The van der Waals surface area contributed by atoms with Crippen LogP contribution in [0.3, 0.4) is 0 Å². The number of carbonyl (C=O) groups is 1. The number of anilines is 1. The van der Waals surface area contributed by atoms with Crippen LogP contribution in [0.4, 0.5) is 5.69 Å². The molecule has 1 aromatic rings. The van der Waals surface area contributed by atoms with Crippen molar-refractivity contribution in [3.63, 3.8) is 0 Å². The fourth-order valence-corrected chi connectivity index (χ4v) is 1.70. The van der Waals surface area contributed by atoms with Gasteiger partial charge < -0.3 is 30.4 Å². The molecule has 1 amide bonds. The molecule has 0 saturated carbocycles. The number of ether oxygens (including phenoxy) is 3. The van der Waals surface area contributed by atoms with E-state index in [1.165, 1.54) is 33.5 Å². The molecule has 4 N–H and O–H groups in total. The minimum absolute atomic E-state index is 0.204. The maximum atomic E-state index is 12.1. The molecule has 1 atom stereocenters. The lowest BCUT2D eigenvalue weighted by Crippen LogP contribution is -2.40. The normalized spacial score (nSPS) is 11.8.